The van der Waals surface area contributed by atoms with E-state index in [-0.39, 0.29) is 12.1 Å². The molecule has 0 aromatic heterocycles. The van der Waals surface area contributed by atoms with E-state index >= 15 is 0 Å². The van der Waals surface area contributed by atoms with Crippen LogP contribution < -0.4 is 10.6 Å². The molecule has 0 unspecified atom stereocenters. The van der Waals surface area contributed by atoms with Gasteiger partial charge in [-0.3, -0.25) is 4.79 Å². The molecule has 1 atom stereocenters. The Labute approximate surface area is 110 Å². The molecule has 2 aromatic rings. The van der Waals surface area contributed by atoms with Crippen LogP contribution in [-0.4, -0.2) is 5.91 Å². The molecule has 0 saturated heterocycles. The van der Waals surface area contributed by atoms with Crippen LogP contribution in [0.25, 0.3) is 0 Å². The molecule has 0 bridgehead atoms. The lowest BCUT2D eigenvalue weighted by Crippen LogP contribution is -2.38. The van der Waals surface area contributed by atoms with Crippen LogP contribution in [0.15, 0.2) is 48.5 Å². The molecule has 0 saturated carbocycles. The Kier molecular flexibility index (Phi) is 2.66. The van der Waals surface area contributed by atoms with Gasteiger partial charge in [-0.05, 0) is 29.8 Å². The molecular formula is C15H11N3O. The average molecular weight is 249 g/mol. The van der Waals surface area contributed by atoms with Gasteiger partial charge in [-0.2, -0.15) is 5.26 Å². The highest BCUT2D eigenvalue weighted by Gasteiger charge is 2.23. The largest absolute Gasteiger partial charge is 0.361 e. The highest BCUT2D eigenvalue weighted by molar-refractivity contribution is 6.01. The van der Waals surface area contributed by atoms with Gasteiger partial charge >= 0.3 is 0 Å². The molecule has 1 aliphatic rings. The molecule has 0 fully saturated rings. The Morgan fingerprint density at radius 1 is 1.00 bits per heavy atom. The van der Waals surface area contributed by atoms with Gasteiger partial charge in [0.05, 0.1) is 17.2 Å². The van der Waals surface area contributed by atoms with Crippen molar-refractivity contribution in [2.75, 3.05) is 5.32 Å². The van der Waals surface area contributed by atoms with Gasteiger partial charge in [-0.1, -0.05) is 24.3 Å². The van der Waals surface area contributed by atoms with Gasteiger partial charge < -0.3 is 10.6 Å². The maximum absolute atomic E-state index is 12.0. The zero-order chi connectivity index (χ0) is 13.2. The summed E-state index contributed by atoms with van der Waals surface area (Å²) >= 11 is 0. The van der Waals surface area contributed by atoms with Gasteiger partial charge in [0.25, 0.3) is 5.91 Å². The summed E-state index contributed by atoms with van der Waals surface area (Å²) in [5, 5.41) is 14.9. The highest BCUT2D eigenvalue weighted by Crippen LogP contribution is 2.26. The minimum Gasteiger partial charge on any atom is -0.361 e. The van der Waals surface area contributed by atoms with Crippen molar-refractivity contribution in [3.63, 3.8) is 0 Å². The zero-order valence-electron chi connectivity index (χ0n) is 10.1. The van der Waals surface area contributed by atoms with Gasteiger partial charge in [0.1, 0.15) is 6.17 Å². The van der Waals surface area contributed by atoms with Crippen LogP contribution in [0.5, 0.6) is 0 Å². The fraction of sp³-hybridized carbons (Fsp3) is 0.0667. The van der Waals surface area contributed by atoms with Crippen LogP contribution in [0, 0.1) is 11.3 Å². The SMILES string of the molecule is N#Cc1ccc([C@@H]2NC(=O)c3ccccc3N2)cc1. The van der Waals surface area contributed by atoms with Crippen LogP contribution in [0.2, 0.25) is 0 Å². The third-order valence-electron chi connectivity index (χ3n) is 3.12. The minimum atomic E-state index is -0.268. The predicted molar refractivity (Wildman–Crippen MR) is 71.4 cm³/mol. The van der Waals surface area contributed by atoms with Gasteiger partial charge in [0.2, 0.25) is 0 Å². The third kappa shape index (κ3) is 2.02. The zero-order valence-corrected chi connectivity index (χ0v) is 10.1. The first-order chi connectivity index (χ1) is 9.28. The lowest BCUT2D eigenvalue weighted by molar-refractivity contribution is 0.0935. The van der Waals surface area contributed by atoms with E-state index in [0.29, 0.717) is 11.1 Å². The summed E-state index contributed by atoms with van der Waals surface area (Å²) in [5.74, 6) is -0.0938. The number of rotatable bonds is 1. The molecule has 3 rings (SSSR count). The molecule has 2 aromatic carbocycles. The molecule has 4 nitrogen and oxygen atoms in total. The van der Waals surface area contributed by atoms with Crippen molar-refractivity contribution in [3.05, 3.63) is 65.2 Å². The Hall–Kier alpha value is -2.80. The number of hydrogen-bond acceptors (Lipinski definition) is 3. The Balaban J connectivity index is 1.92. The molecule has 92 valence electrons. The van der Waals surface area contributed by atoms with Crippen LogP contribution in [0.4, 0.5) is 5.69 Å². The van der Waals surface area contributed by atoms with Crippen molar-refractivity contribution >= 4 is 11.6 Å². The number of hydrogen-bond donors (Lipinski definition) is 2. The normalized spacial score (nSPS) is 16.8. The molecule has 0 radical (unpaired) electrons. The average Bonchev–Trinajstić information content (AvgIpc) is 2.47. The molecule has 0 spiro atoms. The summed E-state index contributed by atoms with van der Waals surface area (Å²) in [5.41, 5.74) is 2.99. The molecule has 1 aliphatic heterocycles. The van der Waals surface area contributed by atoms with Crippen molar-refractivity contribution in [2.45, 2.75) is 6.17 Å². The van der Waals surface area contributed by atoms with E-state index in [2.05, 4.69) is 16.7 Å². The number of anilines is 1. The molecule has 19 heavy (non-hydrogen) atoms. The summed E-state index contributed by atoms with van der Waals surface area (Å²) in [4.78, 5) is 12.0. The molecule has 1 heterocycles. The Morgan fingerprint density at radius 3 is 2.47 bits per heavy atom. The van der Waals surface area contributed by atoms with Gasteiger partial charge in [0, 0.05) is 5.69 Å². The van der Waals surface area contributed by atoms with E-state index in [0.717, 1.165) is 11.3 Å². The Bertz CT molecular complexity index is 671. The monoisotopic (exact) mass is 249 g/mol. The number of nitrogens with zero attached hydrogens (tertiary/aromatic N) is 1. The molecule has 4 heteroatoms. The number of carbonyl (C=O) groups excluding carboxylic acids is 1. The van der Waals surface area contributed by atoms with Crippen molar-refractivity contribution < 1.29 is 4.79 Å². The summed E-state index contributed by atoms with van der Waals surface area (Å²) < 4.78 is 0. The fourth-order valence-electron chi connectivity index (χ4n) is 2.12. The van der Waals surface area contributed by atoms with Crippen molar-refractivity contribution in [1.82, 2.24) is 5.32 Å². The van der Waals surface area contributed by atoms with Crippen molar-refractivity contribution in [3.8, 4) is 6.07 Å². The van der Waals surface area contributed by atoms with Crippen molar-refractivity contribution in [1.29, 1.82) is 5.26 Å². The minimum absolute atomic E-state index is 0.0938. The second-order valence-corrected chi connectivity index (χ2v) is 4.33. The lowest BCUT2D eigenvalue weighted by Gasteiger charge is -2.28. The fourth-order valence-corrected chi connectivity index (χ4v) is 2.12. The highest BCUT2D eigenvalue weighted by atomic mass is 16.2. The molecule has 2 N–H and O–H groups in total. The summed E-state index contributed by atoms with van der Waals surface area (Å²) in [7, 11) is 0. The molecular weight excluding hydrogens is 238 g/mol. The van der Waals surface area contributed by atoms with Crippen LogP contribution in [-0.2, 0) is 0 Å². The topological polar surface area (TPSA) is 64.9 Å². The van der Waals surface area contributed by atoms with E-state index < -0.39 is 0 Å². The summed E-state index contributed by atoms with van der Waals surface area (Å²) in [6.45, 7) is 0. The number of para-hydroxylation sites is 1. The molecule has 1 amide bonds. The quantitative estimate of drug-likeness (QED) is 0.815. The number of carbonyl (C=O) groups is 1. The van der Waals surface area contributed by atoms with E-state index in [9.17, 15) is 4.79 Å². The first-order valence-corrected chi connectivity index (χ1v) is 5.94. The van der Waals surface area contributed by atoms with Gasteiger partial charge in [-0.15, -0.1) is 0 Å². The first kappa shape index (κ1) is 11.3. The third-order valence-corrected chi connectivity index (χ3v) is 3.12. The number of amides is 1. The number of nitrogens with one attached hydrogen (secondary N) is 2. The summed E-state index contributed by atoms with van der Waals surface area (Å²) in [6.07, 6.45) is -0.268. The van der Waals surface area contributed by atoms with Crippen LogP contribution in [0.3, 0.4) is 0 Å². The van der Waals surface area contributed by atoms with Gasteiger partial charge in [0.15, 0.2) is 0 Å². The van der Waals surface area contributed by atoms with Crippen LogP contribution >= 0.6 is 0 Å². The van der Waals surface area contributed by atoms with Gasteiger partial charge in [-0.25, -0.2) is 0 Å². The number of benzene rings is 2. The summed E-state index contributed by atoms with van der Waals surface area (Å²) in [6, 6.07) is 16.6. The maximum atomic E-state index is 12.0. The molecule has 0 aliphatic carbocycles. The number of nitriles is 1. The van der Waals surface area contributed by atoms with E-state index in [1.807, 2.05) is 30.3 Å². The van der Waals surface area contributed by atoms with E-state index in [4.69, 9.17) is 5.26 Å². The predicted octanol–water partition coefficient (Wildman–Crippen LogP) is 2.41. The standard InChI is InChI=1S/C15H11N3O/c16-9-10-5-7-11(8-6-10)14-17-13-4-2-1-3-12(13)15(19)18-14/h1-8,14,17H,(H,18,19)/t14-/m0/s1. The van der Waals surface area contributed by atoms with Crippen molar-refractivity contribution in [2.24, 2.45) is 0 Å². The number of fused-ring (bicyclic) bond motifs is 1. The maximum Gasteiger partial charge on any atom is 0.255 e. The van der Waals surface area contributed by atoms with E-state index in [1.54, 1.807) is 18.2 Å². The second kappa shape index (κ2) is 4.46. The van der Waals surface area contributed by atoms with Crippen LogP contribution in [0.1, 0.15) is 27.7 Å². The smallest absolute Gasteiger partial charge is 0.255 e. The van der Waals surface area contributed by atoms with E-state index in [1.165, 1.54) is 0 Å². The lowest BCUT2D eigenvalue weighted by atomic mass is 10.0. The first-order valence-electron chi connectivity index (χ1n) is 5.94. The second-order valence-electron chi connectivity index (χ2n) is 4.33. The Morgan fingerprint density at radius 2 is 1.74 bits per heavy atom.